The number of carbonyl (C=O) groups is 5. The molecular formula is C56H68N18O7S4. The third-order valence-electron chi connectivity index (χ3n) is 12.8. The molecule has 0 aliphatic heterocycles. The lowest BCUT2D eigenvalue weighted by atomic mass is 9.82. The van der Waals surface area contributed by atoms with Gasteiger partial charge in [0, 0.05) is 47.7 Å². The average molecular weight is 1230 g/mol. The molecule has 0 saturated heterocycles. The normalized spacial score (nSPS) is 16.1. The van der Waals surface area contributed by atoms with Gasteiger partial charge in [0.2, 0.25) is 38.2 Å². The van der Waals surface area contributed by atoms with Gasteiger partial charge in [-0.25, -0.2) is 9.97 Å². The standard InChI is InChI=1S/C27H29N9O3S2.C10H14N6S2.C10H13NO2.C9H12N2O2/c1-15-6-3-9-19(28-15)13-22(38)31-26-35-33-24(40-26)17-7-4-8-18(12-17)25-34-36-27(41-25)32-23(39)14-20-10-5-11-21(30-20)29-16(2)37;11-9-15-13-7(17-9)5-2-1-3-6(4-5)8-14-16-10(12)18-8;1-3-13-10(12)7-9-6-4-5-8(2)11-9;1-2-13-9(12)6-7-4-3-5-8(10)11-7/h3,5-6,9-11,17-18H,4,7-8,12-14H2,1-2H3,(H,29,30,37)(H,31,35,38)(H,32,36,39);5-6H,1-4H2,(H2,11,15)(H2,12,16);4-6H,3,7H2,1-2H3;3-5H,2,6H2,1H3,(H2,10,11)/t17-,18-;5-,6-;;/m00../s1. The molecule has 0 radical (unpaired) electrons. The van der Waals surface area contributed by atoms with Crippen molar-refractivity contribution in [3.8, 4) is 0 Å². The number of hydrogen-bond donors (Lipinski definition) is 6. The van der Waals surface area contributed by atoms with Crippen LogP contribution in [0.4, 0.5) is 32.2 Å². The summed E-state index contributed by atoms with van der Waals surface area (Å²) < 4.78 is 9.57. The largest absolute Gasteiger partial charge is 0.466 e. The summed E-state index contributed by atoms with van der Waals surface area (Å²) in [6.45, 7) is 9.57. The summed E-state index contributed by atoms with van der Waals surface area (Å²) in [4.78, 5) is 75.2. The molecule has 0 aromatic carbocycles. The van der Waals surface area contributed by atoms with Gasteiger partial charge >= 0.3 is 11.9 Å². The highest BCUT2D eigenvalue weighted by molar-refractivity contribution is 7.16. The van der Waals surface area contributed by atoms with Gasteiger partial charge in [-0.1, -0.05) is 82.5 Å². The quantitative estimate of drug-likeness (QED) is 0.0465. The number of rotatable bonds is 17. The van der Waals surface area contributed by atoms with E-state index in [1.54, 1.807) is 50.2 Å². The van der Waals surface area contributed by atoms with E-state index in [1.807, 2.05) is 50.2 Å². The monoisotopic (exact) mass is 1230 g/mol. The van der Waals surface area contributed by atoms with Crippen molar-refractivity contribution < 1.29 is 33.4 Å². The van der Waals surface area contributed by atoms with Gasteiger partial charge in [0.1, 0.15) is 31.7 Å². The van der Waals surface area contributed by atoms with Gasteiger partial charge in [0.15, 0.2) is 0 Å². The Bertz CT molecular complexity index is 3380. The minimum Gasteiger partial charge on any atom is -0.466 e. The Balaban J connectivity index is 0.000000191. The van der Waals surface area contributed by atoms with E-state index < -0.39 is 0 Å². The first-order valence-corrected chi connectivity index (χ1v) is 30.8. The maximum atomic E-state index is 12.6. The van der Waals surface area contributed by atoms with Crippen LogP contribution in [0.25, 0.3) is 0 Å². The predicted octanol–water partition coefficient (Wildman–Crippen LogP) is 8.51. The maximum Gasteiger partial charge on any atom is 0.311 e. The minimum atomic E-state index is -0.277. The topological polar surface area (TPSA) is 373 Å². The van der Waals surface area contributed by atoms with E-state index in [4.69, 9.17) is 26.7 Å². The number of nitrogen functional groups attached to an aromatic ring is 3. The molecule has 4 atom stereocenters. The van der Waals surface area contributed by atoms with E-state index in [-0.39, 0.29) is 67.2 Å². The molecule has 25 nitrogen and oxygen atoms in total. The van der Waals surface area contributed by atoms with Crippen LogP contribution in [0.5, 0.6) is 0 Å². The second-order valence-electron chi connectivity index (χ2n) is 19.7. The lowest BCUT2D eigenvalue weighted by molar-refractivity contribution is -0.143. The summed E-state index contributed by atoms with van der Waals surface area (Å²) in [5.41, 5.74) is 21.2. The van der Waals surface area contributed by atoms with Crippen LogP contribution >= 0.6 is 45.3 Å². The first-order chi connectivity index (χ1) is 41.0. The van der Waals surface area contributed by atoms with E-state index in [0.29, 0.717) is 74.3 Å². The molecule has 8 aromatic rings. The third-order valence-corrected chi connectivity index (χ3v) is 16.6. The zero-order valence-electron chi connectivity index (χ0n) is 47.7. The van der Waals surface area contributed by atoms with Crippen molar-refractivity contribution in [3.05, 3.63) is 127 Å². The molecule has 0 spiro atoms. The zero-order chi connectivity index (χ0) is 60.7. The van der Waals surface area contributed by atoms with Crippen LogP contribution in [-0.2, 0) is 59.1 Å². The number of aryl methyl sites for hydroxylation is 2. The van der Waals surface area contributed by atoms with Gasteiger partial charge in [-0.05, 0) is 115 Å². The smallest absolute Gasteiger partial charge is 0.311 e. The summed E-state index contributed by atoms with van der Waals surface area (Å²) in [6, 6.07) is 21.5. The first kappa shape index (κ1) is 64.2. The fourth-order valence-corrected chi connectivity index (χ4v) is 12.5. The van der Waals surface area contributed by atoms with Crippen LogP contribution in [-0.4, -0.2) is 104 Å². The molecule has 2 saturated carbocycles. The number of esters is 2. The Morgan fingerprint density at radius 3 is 1.27 bits per heavy atom. The van der Waals surface area contributed by atoms with Gasteiger partial charge in [-0.3, -0.25) is 33.9 Å². The van der Waals surface area contributed by atoms with Crippen LogP contribution in [0.15, 0.2) is 72.8 Å². The number of carbonyl (C=O) groups excluding carboxylic acids is 5. The number of nitrogens with two attached hydrogens (primary N) is 3. The number of anilines is 6. The highest BCUT2D eigenvalue weighted by Crippen LogP contribution is 2.45. The van der Waals surface area contributed by atoms with Crippen LogP contribution in [0, 0.1) is 13.8 Å². The number of nitrogens with zero attached hydrogens (tertiary/aromatic N) is 12. The molecule has 9 N–H and O–H groups in total. The molecule has 29 heteroatoms. The highest BCUT2D eigenvalue weighted by atomic mass is 32.1. The van der Waals surface area contributed by atoms with E-state index >= 15 is 0 Å². The average Bonchev–Trinajstić information content (AvgIpc) is 4.20. The molecular weight excluding hydrogens is 1170 g/mol. The van der Waals surface area contributed by atoms with Crippen LogP contribution in [0.1, 0.15) is 150 Å². The zero-order valence-corrected chi connectivity index (χ0v) is 51.0. The van der Waals surface area contributed by atoms with E-state index in [1.165, 1.54) is 58.7 Å². The Kier molecular flexibility index (Phi) is 24.6. The fraction of sp³-hybridized carbons (Fsp3) is 0.411. The van der Waals surface area contributed by atoms with Gasteiger partial charge in [-0.15, -0.1) is 40.8 Å². The van der Waals surface area contributed by atoms with E-state index in [9.17, 15) is 24.0 Å². The van der Waals surface area contributed by atoms with Crippen molar-refractivity contribution in [2.75, 3.05) is 46.4 Å². The van der Waals surface area contributed by atoms with Crippen molar-refractivity contribution in [1.82, 2.24) is 60.7 Å². The highest BCUT2D eigenvalue weighted by Gasteiger charge is 2.31. The van der Waals surface area contributed by atoms with Crippen molar-refractivity contribution in [3.63, 3.8) is 0 Å². The molecule has 8 aromatic heterocycles. The molecule has 10 rings (SSSR count). The van der Waals surface area contributed by atoms with Crippen LogP contribution in [0.2, 0.25) is 0 Å². The van der Waals surface area contributed by atoms with Crippen molar-refractivity contribution in [2.45, 2.75) is 135 Å². The molecule has 2 aliphatic rings. The molecule has 2 fully saturated rings. The summed E-state index contributed by atoms with van der Waals surface area (Å²) in [6.07, 6.45) is 9.00. The minimum absolute atomic E-state index is 0.0469. The maximum absolute atomic E-state index is 12.6. The Hall–Kier alpha value is -8.41. The lowest BCUT2D eigenvalue weighted by Gasteiger charge is -2.25. The fourth-order valence-electron chi connectivity index (χ4n) is 9.20. The molecule has 3 amide bonds. The van der Waals surface area contributed by atoms with Crippen molar-refractivity contribution in [2.24, 2.45) is 0 Å². The molecule has 0 bridgehead atoms. The molecule has 0 unspecified atom stereocenters. The number of hydrogen-bond acceptors (Lipinski definition) is 26. The second-order valence-corrected chi connectivity index (χ2v) is 23.8. The van der Waals surface area contributed by atoms with Gasteiger partial charge < -0.3 is 42.6 Å². The molecule has 85 heavy (non-hydrogen) atoms. The molecule has 8 heterocycles. The van der Waals surface area contributed by atoms with Crippen molar-refractivity contribution in [1.29, 1.82) is 0 Å². The summed E-state index contributed by atoms with van der Waals surface area (Å²) >= 11 is 5.77. The first-order valence-electron chi connectivity index (χ1n) is 27.5. The molecule has 2 aliphatic carbocycles. The Labute approximate surface area is 507 Å². The number of aromatic nitrogens is 12. The summed E-state index contributed by atoms with van der Waals surface area (Å²) in [7, 11) is 0. The number of pyridine rings is 4. The molecule has 448 valence electrons. The van der Waals surface area contributed by atoms with Crippen LogP contribution in [0.3, 0.4) is 0 Å². The number of amides is 3. The summed E-state index contributed by atoms with van der Waals surface area (Å²) in [5, 5.41) is 47.4. The van der Waals surface area contributed by atoms with E-state index in [0.717, 1.165) is 82.1 Å². The number of nitrogens with one attached hydrogen (secondary N) is 3. The van der Waals surface area contributed by atoms with Crippen LogP contribution < -0.4 is 33.2 Å². The second kappa shape index (κ2) is 32.6. The van der Waals surface area contributed by atoms with Gasteiger partial charge in [0.05, 0.1) is 56.0 Å². The van der Waals surface area contributed by atoms with E-state index in [2.05, 4.69) is 76.7 Å². The number of ether oxygens (including phenoxy) is 2. The Morgan fingerprint density at radius 1 is 0.482 bits per heavy atom. The lowest BCUT2D eigenvalue weighted by Crippen LogP contribution is -2.16. The van der Waals surface area contributed by atoms with Gasteiger partial charge in [-0.2, -0.15) is 0 Å². The van der Waals surface area contributed by atoms with Gasteiger partial charge in [0.25, 0.3) is 0 Å². The Morgan fingerprint density at radius 2 is 0.871 bits per heavy atom. The summed E-state index contributed by atoms with van der Waals surface area (Å²) in [5.74, 6) is 0.958. The predicted molar refractivity (Wildman–Crippen MR) is 327 cm³/mol. The third kappa shape index (κ3) is 21.6. The SMILES string of the molecule is CC(=O)Nc1cccc(CC(=O)Nc2nnc([C@H]3CCC[C@H](c4nnc(NC(=O)Cc5cccc(C)n5)s4)C3)s2)n1.CCOC(=O)Cc1cccc(C)n1.CCOC(=O)Cc1cccc(N)n1.Nc1nnc([C@H]2CCC[C@H](c3nnc(N)s3)C2)s1. The van der Waals surface area contributed by atoms with Crippen molar-refractivity contribution >= 4 is 107 Å².